The van der Waals surface area contributed by atoms with Crippen LogP contribution in [0.2, 0.25) is 0 Å². The van der Waals surface area contributed by atoms with Gasteiger partial charge in [-0.2, -0.15) is 4.98 Å². The Kier molecular flexibility index (Phi) is 6.19. The van der Waals surface area contributed by atoms with E-state index in [2.05, 4.69) is 48.2 Å². The van der Waals surface area contributed by atoms with Crippen molar-refractivity contribution in [2.45, 2.75) is 46.1 Å². The van der Waals surface area contributed by atoms with Crippen LogP contribution in [0.5, 0.6) is 5.88 Å². The molecule has 4 heteroatoms. The summed E-state index contributed by atoms with van der Waals surface area (Å²) in [5, 5.41) is 3.43. The van der Waals surface area contributed by atoms with Crippen LogP contribution in [0.15, 0.2) is 36.4 Å². The van der Waals surface area contributed by atoms with Gasteiger partial charge >= 0.3 is 0 Å². The van der Waals surface area contributed by atoms with E-state index in [1.165, 1.54) is 5.56 Å². The van der Waals surface area contributed by atoms with Crippen molar-refractivity contribution in [1.82, 2.24) is 9.97 Å². The Hall–Kier alpha value is -2.10. The lowest BCUT2D eigenvalue weighted by atomic mass is 10.1. The number of nitrogens with one attached hydrogen (secondary N) is 1. The molecule has 1 atom stereocenters. The molecule has 0 amide bonds. The maximum absolute atomic E-state index is 5.73. The Bertz CT molecular complexity index is 572. The molecule has 0 radical (unpaired) electrons. The molecule has 0 aliphatic rings. The van der Waals surface area contributed by atoms with Crippen molar-refractivity contribution in [3.63, 3.8) is 0 Å². The summed E-state index contributed by atoms with van der Waals surface area (Å²) in [5.74, 6) is 2.27. The first-order valence-corrected chi connectivity index (χ1v) is 8.05. The minimum absolute atomic E-state index is 0.185. The normalized spacial score (nSPS) is 12.0. The quantitative estimate of drug-likeness (QED) is 0.734. The smallest absolute Gasteiger partial charge is 0.218 e. The molecule has 118 valence electrons. The van der Waals surface area contributed by atoms with E-state index in [0.717, 1.165) is 30.9 Å². The summed E-state index contributed by atoms with van der Waals surface area (Å²) in [6.45, 7) is 7.02. The minimum Gasteiger partial charge on any atom is -0.478 e. The standard InChI is InChI=1S/C18H25N3O/c1-4-6-12-22-18-13-17(20-16(5-2)21-18)19-14(3)15-10-8-7-9-11-15/h7-11,13-14H,4-6,12H2,1-3H3,(H,19,20,21). The molecule has 0 fully saturated rings. The highest BCUT2D eigenvalue weighted by Gasteiger charge is 2.09. The summed E-state index contributed by atoms with van der Waals surface area (Å²) in [7, 11) is 0. The molecule has 1 N–H and O–H groups in total. The number of unbranched alkanes of at least 4 members (excludes halogenated alkanes) is 1. The number of hydrogen-bond donors (Lipinski definition) is 1. The number of nitrogens with zero attached hydrogens (tertiary/aromatic N) is 2. The Morgan fingerprint density at radius 2 is 1.91 bits per heavy atom. The molecule has 0 saturated carbocycles. The molecule has 0 aliphatic heterocycles. The van der Waals surface area contributed by atoms with Gasteiger partial charge in [-0.25, -0.2) is 4.98 Å². The zero-order valence-electron chi connectivity index (χ0n) is 13.7. The SMILES string of the molecule is CCCCOc1cc(NC(C)c2ccccc2)nc(CC)n1. The van der Waals surface area contributed by atoms with Crippen LogP contribution in [0.25, 0.3) is 0 Å². The highest BCUT2D eigenvalue weighted by molar-refractivity contribution is 5.41. The van der Waals surface area contributed by atoms with Crippen molar-refractivity contribution < 1.29 is 4.74 Å². The van der Waals surface area contributed by atoms with Crippen molar-refractivity contribution in [2.24, 2.45) is 0 Å². The number of hydrogen-bond acceptors (Lipinski definition) is 4. The fourth-order valence-corrected chi connectivity index (χ4v) is 2.15. The van der Waals surface area contributed by atoms with E-state index in [1.807, 2.05) is 24.3 Å². The summed E-state index contributed by atoms with van der Waals surface area (Å²) >= 11 is 0. The Morgan fingerprint density at radius 3 is 2.59 bits per heavy atom. The van der Waals surface area contributed by atoms with Gasteiger partial charge in [-0.05, 0) is 18.9 Å². The summed E-state index contributed by atoms with van der Waals surface area (Å²) in [6, 6.07) is 12.4. The molecule has 1 aromatic heterocycles. The molecular weight excluding hydrogens is 274 g/mol. The molecular formula is C18H25N3O. The fourth-order valence-electron chi connectivity index (χ4n) is 2.15. The van der Waals surface area contributed by atoms with Crippen LogP contribution >= 0.6 is 0 Å². The minimum atomic E-state index is 0.185. The number of anilines is 1. The Labute approximate surface area is 133 Å². The van der Waals surface area contributed by atoms with Gasteiger partial charge in [0.15, 0.2) is 0 Å². The van der Waals surface area contributed by atoms with Gasteiger partial charge in [-0.1, -0.05) is 50.6 Å². The van der Waals surface area contributed by atoms with E-state index < -0.39 is 0 Å². The lowest BCUT2D eigenvalue weighted by Crippen LogP contribution is -2.10. The molecule has 0 spiro atoms. The maximum atomic E-state index is 5.73. The molecule has 1 unspecified atom stereocenters. The monoisotopic (exact) mass is 299 g/mol. The third-order valence-electron chi connectivity index (χ3n) is 3.48. The fraction of sp³-hybridized carbons (Fsp3) is 0.444. The molecule has 0 bridgehead atoms. The van der Waals surface area contributed by atoms with E-state index in [-0.39, 0.29) is 6.04 Å². The average Bonchev–Trinajstić information content (AvgIpc) is 2.55. The Morgan fingerprint density at radius 1 is 1.14 bits per heavy atom. The van der Waals surface area contributed by atoms with Gasteiger partial charge in [-0.15, -0.1) is 0 Å². The van der Waals surface area contributed by atoms with E-state index in [9.17, 15) is 0 Å². The Balaban J connectivity index is 2.10. The topological polar surface area (TPSA) is 47.0 Å². The van der Waals surface area contributed by atoms with E-state index in [4.69, 9.17) is 4.74 Å². The second-order valence-electron chi connectivity index (χ2n) is 5.34. The first-order chi connectivity index (χ1) is 10.7. The number of ether oxygens (including phenoxy) is 1. The van der Waals surface area contributed by atoms with Crippen LogP contribution in [0.3, 0.4) is 0 Å². The van der Waals surface area contributed by atoms with E-state index >= 15 is 0 Å². The van der Waals surface area contributed by atoms with Crippen LogP contribution in [-0.2, 0) is 6.42 Å². The first-order valence-electron chi connectivity index (χ1n) is 8.05. The van der Waals surface area contributed by atoms with Gasteiger partial charge in [0.1, 0.15) is 11.6 Å². The number of rotatable bonds is 8. The van der Waals surface area contributed by atoms with Crippen molar-refractivity contribution >= 4 is 5.82 Å². The molecule has 4 nitrogen and oxygen atoms in total. The van der Waals surface area contributed by atoms with Crippen molar-refractivity contribution in [3.05, 3.63) is 47.8 Å². The van der Waals surface area contributed by atoms with Crippen LogP contribution in [0, 0.1) is 0 Å². The highest BCUT2D eigenvalue weighted by atomic mass is 16.5. The molecule has 22 heavy (non-hydrogen) atoms. The van der Waals surface area contributed by atoms with E-state index in [0.29, 0.717) is 12.5 Å². The van der Waals surface area contributed by atoms with Crippen LogP contribution < -0.4 is 10.1 Å². The summed E-state index contributed by atoms with van der Waals surface area (Å²) in [5.41, 5.74) is 1.23. The van der Waals surface area contributed by atoms with Crippen LogP contribution in [0.1, 0.15) is 51.0 Å². The number of benzene rings is 1. The number of aryl methyl sites for hydroxylation is 1. The van der Waals surface area contributed by atoms with Crippen molar-refractivity contribution in [2.75, 3.05) is 11.9 Å². The molecule has 0 saturated heterocycles. The van der Waals surface area contributed by atoms with Gasteiger partial charge < -0.3 is 10.1 Å². The molecule has 0 aliphatic carbocycles. The second kappa shape index (κ2) is 8.37. The van der Waals surface area contributed by atoms with Crippen molar-refractivity contribution in [1.29, 1.82) is 0 Å². The van der Waals surface area contributed by atoms with Gasteiger partial charge in [-0.3, -0.25) is 0 Å². The van der Waals surface area contributed by atoms with Crippen molar-refractivity contribution in [3.8, 4) is 5.88 Å². The largest absolute Gasteiger partial charge is 0.478 e. The summed E-state index contributed by atoms with van der Waals surface area (Å²) in [6.07, 6.45) is 2.94. The maximum Gasteiger partial charge on any atom is 0.218 e. The predicted molar refractivity (Wildman–Crippen MR) is 90.3 cm³/mol. The third kappa shape index (κ3) is 4.72. The highest BCUT2D eigenvalue weighted by Crippen LogP contribution is 2.20. The van der Waals surface area contributed by atoms with Crippen LogP contribution in [-0.4, -0.2) is 16.6 Å². The zero-order valence-corrected chi connectivity index (χ0v) is 13.7. The second-order valence-corrected chi connectivity index (χ2v) is 5.34. The predicted octanol–water partition coefficient (Wildman–Crippen LogP) is 4.39. The molecule has 2 aromatic rings. The van der Waals surface area contributed by atoms with Gasteiger partial charge in [0.2, 0.25) is 5.88 Å². The molecule has 1 heterocycles. The third-order valence-corrected chi connectivity index (χ3v) is 3.48. The van der Waals surface area contributed by atoms with Crippen LogP contribution in [0.4, 0.5) is 5.82 Å². The lowest BCUT2D eigenvalue weighted by Gasteiger charge is -2.16. The number of aromatic nitrogens is 2. The van der Waals surface area contributed by atoms with Gasteiger partial charge in [0.05, 0.1) is 6.61 Å². The van der Waals surface area contributed by atoms with E-state index in [1.54, 1.807) is 0 Å². The zero-order chi connectivity index (χ0) is 15.8. The molecule has 1 aromatic carbocycles. The summed E-state index contributed by atoms with van der Waals surface area (Å²) in [4.78, 5) is 8.97. The summed E-state index contributed by atoms with van der Waals surface area (Å²) < 4.78 is 5.73. The average molecular weight is 299 g/mol. The first kappa shape index (κ1) is 16.3. The van der Waals surface area contributed by atoms with Gasteiger partial charge in [0, 0.05) is 18.5 Å². The van der Waals surface area contributed by atoms with Gasteiger partial charge in [0.25, 0.3) is 0 Å². The molecule has 2 rings (SSSR count). The lowest BCUT2D eigenvalue weighted by molar-refractivity contribution is 0.296.